The van der Waals surface area contributed by atoms with Crippen molar-refractivity contribution in [2.45, 2.75) is 25.7 Å². The smallest absolute Gasteiger partial charge is 0.237 e. The summed E-state index contributed by atoms with van der Waals surface area (Å²) in [4.78, 5) is 12.9. The van der Waals surface area contributed by atoms with Crippen LogP contribution in [0.15, 0.2) is 29.6 Å². The summed E-state index contributed by atoms with van der Waals surface area (Å²) < 4.78 is 1.22. The fourth-order valence-electron chi connectivity index (χ4n) is 2.86. The van der Waals surface area contributed by atoms with Gasteiger partial charge in [0, 0.05) is 10.4 Å². The van der Waals surface area contributed by atoms with Crippen molar-refractivity contribution in [3.63, 3.8) is 0 Å². The molecule has 0 saturated heterocycles. The van der Waals surface area contributed by atoms with Gasteiger partial charge in [-0.3, -0.25) is 4.79 Å². The topological polar surface area (TPSA) is 55.1 Å². The third-order valence-corrected chi connectivity index (χ3v) is 5.36. The molecule has 3 rings (SSSR count). The first-order chi connectivity index (χ1) is 9.62. The van der Waals surface area contributed by atoms with Crippen molar-refractivity contribution in [1.29, 1.82) is 0 Å². The zero-order chi connectivity index (χ0) is 14.2. The zero-order valence-corrected chi connectivity index (χ0v) is 12.7. The van der Waals surface area contributed by atoms with Crippen LogP contribution < -0.4 is 11.1 Å². The predicted molar refractivity (Wildman–Crippen MR) is 88.1 cm³/mol. The third-order valence-electron chi connectivity index (χ3n) is 4.07. The molecule has 0 unspecified atom stereocenters. The van der Waals surface area contributed by atoms with Crippen molar-refractivity contribution in [3.8, 4) is 0 Å². The minimum Gasteiger partial charge on any atom is -0.392 e. The van der Waals surface area contributed by atoms with E-state index in [1.807, 2.05) is 23.6 Å². The minimum atomic E-state index is -0.654. The average molecular weight is 304 g/mol. The number of carbonyl (C=O) groups is 1. The maximum absolute atomic E-state index is 12.6. The summed E-state index contributed by atoms with van der Waals surface area (Å²) in [6, 6.07) is 8.00. The molecule has 1 aromatic carbocycles. The van der Waals surface area contributed by atoms with E-state index >= 15 is 0 Å². The van der Waals surface area contributed by atoms with Gasteiger partial charge in [0.25, 0.3) is 0 Å². The quantitative estimate of drug-likeness (QED) is 0.850. The van der Waals surface area contributed by atoms with Crippen molar-refractivity contribution in [1.82, 2.24) is 0 Å². The normalized spacial score (nSPS) is 17.2. The number of benzene rings is 1. The molecule has 1 aromatic heterocycles. The van der Waals surface area contributed by atoms with E-state index < -0.39 is 5.41 Å². The molecule has 3 N–H and O–H groups in total. The molecule has 104 valence electrons. The van der Waals surface area contributed by atoms with Crippen LogP contribution in [-0.4, -0.2) is 10.9 Å². The Bertz CT molecular complexity index is 671. The molecule has 1 heterocycles. The first kappa shape index (κ1) is 13.5. The van der Waals surface area contributed by atoms with Crippen LogP contribution in [0.25, 0.3) is 10.1 Å². The van der Waals surface area contributed by atoms with E-state index in [-0.39, 0.29) is 5.91 Å². The van der Waals surface area contributed by atoms with Crippen LogP contribution in [0.2, 0.25) is 0 Å². The molecule has 1 saturated carbocycles. The molecule has 0 bridgehead atoms. The van der Waals surface area contributed by atoms with Crippen LogP contribution in [0.3, 0.4) is 0 Å². The van der Waals surface area contributed by atoms with Gasteiger partial charge in [-0.05, 0) is 47.9 Å². The Labute approximate surface area is 127 Å². The lowest BCUT2D eigenvalue weighted by molar-refractivity contribution is -0.122. The van der Waals surface area contributed by atoms with Crippen LogP contribution in [0.4, 0.5) is 5.69 Å². The number of fused-ring (bicyclic) bond motifs is 1. The van der Waals surface area contributed by atoms with Gasteiger partial charge in [-0.15, -0.1) is 11.3 Å². The first-order valence-corrected chi connectivity index (χ1v) is 7.99. The molecular weight excluding hydrogens is 288 g/mol. The van der Waals surface area contributed by atoms with Gasteiger partial charge < -0.3 is 11.1 Å². The van der Waals surface area contributed by atoms with Crippen molar-refractivity contribution >= 4 is 50.2 Å². The Morgan fingerprint density at radius 2 is 2.05 bits per heavy atom. The number of hydrogen-bond acceptors (Lipinski definition) is 3. The van der Waals surface area contributed by atoms with Crippen molar-refractivity contribution < 1.29 is 4.79 Å². The second kappa shape index (κ2) is 5.14. The molecule has 0 atom stereocenters. The maximum atomic E-state index is 12.6. The highest BCUT2D eigenvalue weighted by Gasteiger charge is 2.43. The van der Waals surface area contributed by atoms with E-state index in [2.05, 4.69) is 11.4 Å². The van der Waals surface area contributed by atoms with Gasteiger partial charge in [-0.1, -0.05) is 25.1 Å². The maximum Gasteiger partial charge on any atom is 0.237 e. The molecule has 0 aliphatic heterocycles. The first-order valence-electron chi connectivity index (χ1n) is 6.70. The Kier molecular flexibility index (Phi) is 3.48. The van der Waals surface area contributed by atoms with Crippen LogP contribution in [0, 0.1) is 5.41 Å². The highest BCUT2D eigenvalue weighted by atomic mass is 32.1. The van der Waals surface area contributed by atoms with Crippen molar-refractivity contribution in [3.05, 3.63) is 29.6 Å². The van der Waals surface area contributed by atoms with E-state index in [0.717, 1.165) is 36.8 Å². The van der Waals surface area contributed by atoms with Gasteiger partial charge in [-0.2, -0.15) is 0 Å². The second-order valence-electron chi connectivity index (χ2n) is 5.28. The van der Waals surface area contributed by atoms with Gasteiger partial charge in [0.05, 0.1) is 10.4 Å². The number of hydrogen-bond donors (Lipinski definition) is 2. The molecule has 20 heavy (non-hydrogen) atoms. The van der Waals surface area contributed by atoms with E-state index in [1.54, 1.807) is 11.3 Å². The SMILES string of the molecule is NC(=S)C1(C(=O)Nc2ccc3sccc3c2)CCCC1. The number of amides is 1. The standard InChI is InChI=1S/C15H16N2OS2/c16-13(19)15(6-1-2-7-15)14(18)17-11-3-4-12-10(9-11)5-8-20-12/h3-5,8-9H,1-2,6-7H2,(H2,16,19)(H,17,18). The van der Waals surface area contributed by atoms with Gasteiger partial charge in [0.15, 0.2) is 0 Å². The summed E-state index contributed by atoms with van der Waals surface area (Å²) in [5, 5.41) is 6.17. The molecule has 5 heteroatoms. The lowest BCUT2D eigenvalue weighted by Gasteiger charge is -2.26. The van der Waals surface area contributed by atoms with Crippen molar-refractivity contribution in [2.24, 2.45) is 11.1 Å². The van der Waals surface area contributed by atoms with E-state index in [9.17, 15) is 4.79 Å². The number of anilines is 1. The Morgan fingerprint density at radius 1 is 1.30 bits per heavy atom. The molecule has 2 aromatic rings. The molecule has 0 spiro atoms. The van der Waals surface area contributed by atoms with E-state index in [4.69, 9.17) is 18.0 Å². The average Bonchev–Trinajstić information content (AvgIpc) is 3.07. The summed E-state index contributed by atoms with van der Waals surface area (Å²) in [6.45, 7) is 0. The summed E-state index contributed by atoms with van der Waals surface area (Å²) in [5.74, 6) is -0.0583. The number of thiocarbonyl (C=S) groups is 1. The Balaban J connectivity index is 1.85. The van der Waals surface area contributed by atoms with E-state index in [1.165, 1.54) is 4.70 Å². The highest BCUT2D eigenvalue weighted by Crippen LogP contribution is 2.39. The summed E-state index contributed by atoms with van der Waals surface area (Å²) in [6.07, 6.45) is 3.53. The van der Waals surface area contributed by atoms with E-state index in [0.29, 0.717) is 4.99 Å². The minimum absolute atomic E-state index is 0.0583. The predicted octanol–water partition coefficient (Wildman–Crippen LogP) is 3.69. The monoisotopic (exact) mass is 304 g/mol. The molecule has 1 aliphatic carbocycles. The number of nitrogens with two attached hydrogens (primary N) is 1. The zero-order valence-electron chi connectivity index (χ0n) is 11.0. The number of rotatable bonds is 3. The van der Waals surface area contributed by atoms with Crippen LogP contribution in [0.1, 0.15) is 25.7 Å². The highest BCUT2D eigenvalue weighted by molar-refractivity contribution is 7.80. The molecule has 1 aliphatic rings. The summed E-state index contributed by atoms with van der Waals surface area (Å²) >= 11 is 6.83. The molecule has 0 radical (unpaired) electrons. The van der Waals surface area contributed by atoms with Gasteiger partial charge in [0.2, 0.25) is 5.91 Å². The van der Waals surface area contributed by atoms with Crippen LogP contribution >= 0.6 is 23.6 Å². The lowest BCUT2D eigenvalue weighted by Crippen LogP contribution is -2.43. The molecule has 1 fully saturated rings. The van der Waals surface area contributed by atoms with Crippen LogP contribution in [0.5, 0.6) is 0 Å². The fourth-order valence-corrected chi connectivity index (χ4v) is 3.93. The molecule has 1 amide bonds. The molecule has 3 nitrogen and oxygen atoms in total. The largest absolute Gasteiger partial charge is 0.392 e. The number of carbonyl (C=O) groups excluding carboxylic acids is 1. The number of thiophene rings is 1. The Morgan fingerprint density at radius 3 is 2.75 bits per heavy atom. The number of nitrogens with one attached hydrogen (secondary N) is 1. The molecular formula is C15H16N2OS2. The summed E-state index contributed by atoms with van der Waals surface area (Å²) in [7, 11) is 0. The van der Waals surface area contributed by atoms with Gasteiger partial charge in [-0.25, -0.2) is 0 Å². The fraction of sp³-hybridized carbons (Fsp3) is 0.333. The van der Waals surface area contributed by atoms with Crippen LogP contribution in [-0.2, 0) is 4.79 Å². The summed E-state index contributed by atoms with van der Waals surface area (Å²) in [5.41, 5.74) is 5.99. The van der Waals surface area contributed by atoms with Gasteiger partial charge in [0.1, 0.15) is 0 Å². The van der Waals surface area contributed by atoms with Crippen molar-refractivity contribution in [2.75, 3.05) is 5.32 Å². The Hall–Kier alpha value is -1.46. The lowest BCUT2D eigenvalue weighted by atomic mass is 9.85. The van der Waals surface area contributed by atoms with Gasteiger partial charge >= 0.3 is 0 Å². The second-order valence-corrected chi connectivity index (χ2v) is 6.67. The third kappa shape index (κ3) is 2.21.